The molecule has 0 N–H and O–H groups in total. The second-order valence-electron chi connectivity index (χ2n) is 3.35. The maximum absolute atomic E-state index is 13.4. The van der Waals surface area contributed by atoms with E-state index in [2.05, 4.69) is 31.9 Å². The molecule has 0 spiro atoms. The monoisotopic (exact) mass is 354 g/mol. The fraction of sp³-hybridized carbons (Fsp3) is 0.364. The number of halogens is 4. The fourth-order valence-electron chi connectivity index (χ4n) is 1.25. The minimum absolute atomic E-state index is 0.0253. The van der Waals surface area contributed by atoms with Crippen LogP contribution in [0.2, 0.25) is 0 Å². The van der Waals surface area contributed by atoms with E-state index in [1.165, 1.54) is 0 Å². The summed E-state index contributed by atoms with van der Waals surface area (Å²) in [6.07, 6.45) is 0.527. The molecule has 0 heterocycles. The molecule has 1 aromatic rings. The molecule has 1 nitrogen and oxygen atoms in total. The Kier molecular flexibility index (Phi) is 5.05. The van der Waals surface area contributed by atoms with E-state index in [0.717, 1.165) is 12.1 Å². The van der Waals surface area contributed by atoms with Gasteiger partial charge in [-0.05, 0) is 40.0 Å². The van der Waals surface area contributed by atoms with Gasteiger partial charge >= 0.3 is 0 Å². The molecule has 0 aromatic heterocycles. The van der Waals surface area contributed by atoms with Crippen molar-refractivity contribution in [1.29, 1.82) is 0 Å². The number of Topliss-reactive ketones (excluding diaryl/α,β-unsaturated/α-hetero) is 1. The van der Waals surface area contributed by atoms with Crippen molar-refractivity contribution in [3.8, 4) is 0 Å². The van der Waals surface area contributed by atoms with Crippen LogP contribution in [0.5, 0.6) is 0 Å². The molecule has 0 radical (unpaired) electrons. The van der Waals surface area contributed by atoms with E-state index in [4.69, 9.17) is 0 Å². The van der Waals surface area contributed by atoms with Gasteiger partial charge in [0, 0.05) is 6.42 Å². The van der Waals surface area contributed by atoms with Crippen molar-refractivity contribution in [2.24, 2.45) is 0 Å². The molecule has 0 aliphatic heterocycles. The third kappa shape index (κ3) is 3.35. The first-order valence-corrected chi connectivity index (χ1v) is 6.46. The number of carbonyl (C=O) groups is 1. The van der Waals surface area contributed by atoms with E-state index in [0.29, 0.717) is 6.42 Å². The fourth-order valence-corrected chi connectivity index (χ4v) is 2.24. The van der Waals surface area contributed by atoms with E-state index in [1.807, 2.05) is 0 Å². The zero-order chi connectivity index (χ0) is 12.3. The molecular weight excluding hydrogens is 346 g/mol. The predicted octanol–water partition coefficient (Wildman–Crippen LogP) is 4.01. The molecule has 88 valence electrons. The summed E-state index contributed by atoms with van der Waals surface area (Å²) in [4.78, 5) is 10.8. The number of hydrogen-bond acceptors (Lipinski definition) is 1. The molecule has 1 atom stereocenters. The summed E-state index contributed by atoms with van der Waals surface area (Å²) in [6, 6.07) is 2.18. The Labute approximate surface area is 109 Å². The van der Waals surface area contributed by atoms with E-state index < -0.39 is 16.5 Å². The Morgan fingerprint density at radius 3 is 2.56 bits per heavy atom. The molecule has 0 saturated carbocycles. The standard InChI is InChI=1S/C11H10Br2F2O/c1-2-11(16)8(13)3-6-4-10(15)7(12)5-9(6)14/h4-5,8H,2-3H2,1H3. The van der Waals surface area contributed by atoms with Gasteiger partial charge in [0.1, 0.15) is 17.4 Å². The zero-order valence-corrected chi connectivity index (χ0v) is 11.7. The third-order valence-corrected chi connectivity index (χ3v) is 3.63. The summed E-state index contributed by atoms with van der Waals surface area (Å²) in [7, 11) is 0. The van der Waals surface area contributed by atoms with Gasteiger partial charge in [0.2, 0.25) is 0 Å². The van der Waals surface area contributed by atoms with E-state index in [1.54, 1.807) is 6.92 Å². The Bertz CT molecular complexity index is 407. The minimum Gasteiger partial charge on any atom is -0.298 e. The van der Waals surface area contributed by atoms with Gasteiger partial charge in [0.15, 0.2) is 0 Å². The van der Waals surface area contributed by atoms with Crippen LogP contribution in [0, 0.1) is 11.6 Å². The first-order chi connectivity index (χ1) is 7.45. The molecule has 0 bridgehead atoms. The van der Waals surface area contributed by atoms with Crippen LogP contribution in [-0.2, 0) is 11.2 Å². The lowest BCUT2D eigenvalue weighted by molar-refractivity contribution is -0.118. The summed E-state index contributed by atoms with van der Waals surface area (Å²) in [5, 5.41) is 0. The van der Waals surface area contributed by atoms with Crippen molar-refractivity contribution < 1.29 is 13.6 Å². The number of carbonyl (C=O) groups excluding carboxylic acids is 1. The van der Waals surface area contributed by atoms with Gasteiger partial charge in [0.05, 0.1) is 9.30 Å². The van der Waals surface area contributed by atoms with Gasteiger partial charge in [-0.25, -0.2) is 8.78 Å². The highest BCUT2D eigenvalue weighted by Crippen LogP contribution is 2.22. The van der Waals surface area contributed by atoms with Crippen LogP contribution in [-0.4, -0.2) is 10.6 Å². The van der Waals surface area contributed by atoms with E-state index in [-0.39, 0.29) is 22.2 Å². The normalized spacial score (nSPS) is 12.6. The maximum atomic E-state index is 13.4. The van der Waals surface area contributed by atoms with Gasteiger partial charge in [-0.3, -0.25) is 4.79 Å². The minimum atomic E-state index is -0.528. The van der Waals surface area contributed by atoms with E-state index >= 15 is 0 Å². The lowest BCUT2D eigenvalue weighted by Gasteiger charge is -2.09. The second kappa shape index (κ2) is 5.87. The number of benzene rings is 1. The van der Waals surface area contributed by atoms with Crippen molar-refractivity contribution >= 4 is 37.6 Å². The Morgan fingerprint density at radius 1 is 1.38 bits per heavy atom. The quantitative estimate of drug-likeness (QED) is 0.589. The first kappa shape index (κ1) is 13.8. The average molecular weight is 356 g/mol. The number of ketones is 1. The van der Waals surface area contributed by atoms with Gasteiger partial charge in [-0.1, -0.05) is 22.9 Å². The summed E-state index contributed by atoms with van der Waals surface area (Å²) < 4.78 is 26.7. The molecular formula is C11H10Br2F2O. The molecule has 0 aliphatic carbocycles. The molecule has 0 fully saturated rings. The van der Waals surface area contributed by atoms with Crippen molar-refractivity contribution in [3.05, 3.63) is 33.8 Å². The Hall–Kier alpha value is -0.290. The third-order valence-electron chi connectivity index (χ3n) is 2.19. The van der Waals surface area contributed by atoms with Crippen LogP contribution in [0.1, 0.15) is 18.9 Å². The number of hydrogen-bond donors (Lipinski definition) is 0. The largest absolute Gasteiger partial charge is 0.298 e. The molecule has 1 aromatic carbocycles. The topological polar surface area (TPSA) is 17.1 Å². The van der Waals surface area contributed by atoms with Crippen LogP contribution in [0.3, 0.4) is 0 Å². The smallest absolute Gasteiger partial charge is 0.146 e. The lowest BCUT2D eigenvalue weighted by atomic mass is 10.1. The van der Waals surface area contributed by atoms with Crippen LogP contribution < -0.4 is 0 Å². The molecule has 5 heteroatoms. The van der Waals surface area contributed by atoms with Gasteiger partial charge in [0.25, 0.3) is 0 Å². The molecule has 16 heavy (non-hydrogen) atoms. The van der Waals surface area contributed by atoms with E-state index in [9.17, 15) is 13.6 Å². The van der Waals surface area contributed by atoms with Crippen molar-refractivity contribution in [3.63, 3.8) is 0 Å². The summed E-state index contributed by atoms with van der Waals surface area (Å²) in [5.74, 6) is -1.07. The molecule has 0 amide bonds. The van der Waals surface area contributed by atoms with Gasteiger partial charge in [-0.2, -0.15) is 0 Å². The van der Waals surface area contributed by atoms with Crippen LogP contribution in [0.25, 0.3) is 0 Å². The molecule has 1 rings (SSSR count). The Balaban J connectivity index is 2.89. The first-order valence-electron chi connectivity index (χ1n) is 4.76. The van der Waals surface area contributed by atoms with Crippen LogP contribution >= 0.6 is 31.9 Å². The number of alkyl halides is 1. The Morgan fingerprint density at radius 2 is 2.00 bits per heavy atom. The highest BCUT2D eigenvalue weighted by molar-refractivity contribution is 9.10. The highest BCUT2D eigenvalue weighted by atomic mass is 79.9. The molecule has 0 saturated heterocycles. The average Bonchev–Trinajstić information content (AvgIpc) is 2.24. The molecule has 1 unspecified atom stereocenters. The predicted molar refractivity (Wildman–Crippen MR) is 65.8 cm³/mol. The summed E-state index contributed by atoms with van der Waals surface area (Å²) >= 11 is 6.06. The highest BCUT2D eigenvalue weighted by Gasteiger charge is 2.17. The summed E-state index contributed by atoms with van der Waals surface area (Å²) in [5.41, 5.74) is 0.198. The SMILES string of the molecule is CCC(=O)C(Br)Cc1cc(F)c(Br)cc1F. The lowest BCUT2D eigenvalue weighted by Crippen LogP contribution is -2.16. The second-order valence-corrected chi connectivity index (χ2v) is 5.31. The summed E-state index contributed by atoms with van der Waals surface area (Å²) in [6.45, 7) is 1.73. The van der Waals surface area contributed by atoms with Crippen molar-refractivity contribution in [2.75, 3.05) is 0 Å². The van der Waals surface area contributed by atoms with Gasteiger partial charge < -0.3 is 0 Å². The van der Waals surface area contributed by atoms with Crippen LogP contribution in [0.15, 0.2) is 16.6 Å². The number of rotatable bonds is 4. The van der Waals surface area contributed by atoms with Crippen LogP contribution in [0.4, 0.5) is 8.78 Å². The van der Waals surface area contributed by atoms with Gasteiger partial charge in [-0.15, -0.1) is 0 Å². The maximum Gasteiger partial charge on any atom is 0.146 e. The molecule has 0 aliphatic rings. The van der Waals surface area contributed by atoms with Crippen molar-refractivity contribution in [1.82, 2.24) is 0 Å². The zero-order valence-electron chi connectivity index (χ0n) is 8.57. The van der Waals surface area contributed by atoms with Crippen molar-refractivity contribution in [2.45, 2.75) is 24.6 Å².